The van der Waals surface area contributed by atoms with Gasteiger partial charge >= 0.3 is 5.97 Å². The van der Waals surface area contributed by atoms with Gasteiger partial charge in [0, 0.05) is 42.9 Å². The molecule has 1 saturated heterocycles. The molecule has 24 nitrogen and oxygen atoms in total. The number of hydrogen-bond acceptors (Lipinski definition) is 13. The number of aromatic amines is 1. The zero-order valence-electron chi connectivity index (χ0n) is 40.6. The number of para-hydroxylation sites is 1. The van der Waals surface area contributed by atoms with E-state index in [1.54, 1.807) is 56.4 Å². The zero-order chi connectivity index (χ0) is 53.4. The number of carboxylic acids is 1. The van der Waals surface area contributed by atoms with Crippen LogP contribution in [0.4, 0.5) is 0 Å². The van der Waals surface area contributed by atoms with Crippen LogP contribution in [0.5, 0.6) is 0 Å². The fourth-order valence-electron chi connectivity index (χ4n) is 8.19. The van der Waals surface area contributed by atoms with E-state index in [1.165, 1.54) is 13.8 Å². The van der Waals surface area contributed by atoms with Crippen LogP contribution in [0.3, 0.4) is 0 Å². The first-order valence-electron chi connectivity index (χ1n) is 23.6. The van der Waals surface area contributed by atoms with E-state index < -0.39 is 133 Å². The summed E-state index contributed by atoms with van der Waals surface area (Å²) in [6.45, 7) is 5.89. The molecule has 4 rings (SSSR count). The van der Waals surface area contributed by atoms with Crippen molar-refractivity contribution >= 4 is 70.0 Å². The Hall–Kier alpha value is -7.44. The number of aliphatic hydroxyl groups excluding tert-OH is 2. The van der Waals surface area contributed by atoms with Gasteiger partial charge in [-0.2, -0.15) is 0 Å². The lowest BCUT2D eigenvalue weighted by Crippen LogP contribution is -2.63. The van der Waals surface area contributed by atoms with Gasteiger partial charge in [-0.25, -0.2) is 0 Å². The van der Waals surface area contributed by atoms with Crippen molar-refractivity contribution in [3.63, 3.8) is 0 Å². The summed E-state index contributed by atoms with van der Waals surface area (Å²) in [4.78, 5) is 136. The van der Waals surface area contributed by atoms with Crippen LogP contribution in [0.2, 0.25) is 0 Å². The van der Waals surface area contributed by atoms with Crippen LogP contribution in [0, 0.1) is 5.92 Å². The first-order chi connectivity index (χ1) is 34.0. The number of aromatic nitrogens is 1. The van der Waals surface area contributed by atoms with Crippen LogP contribution in [-0.4, -0.2) is 151 Å². The molecule has 1 aliphatic heterocycles. The molecule has 9 amide bonds. The van der Waals surface area contributed by atoms with E-state index in [-0.39, 0.29) is 51.0 Å². The number of nitrogens with two attached hydrogens (primary N) is 3. The van der Waals surface area contributed by atoms with Crippen molar-refractivity contribution in [2.45, 2.75) is 140 Å². The predicted molar refractivity (Wildman–Crippen MR) is 259 cm³/mol. The van der Waals surface area contributed by atoms with E-state index in [0.29, 0.717) is 11.1 Å². The lowest BCUT2D eigenvalue weighted by Gasteiger charge is -2.32. The number of H-pyrrole nitrogens is 1. The molecule has 10 unspecified atom stereocenters. The van der Waals surface area contributed by atoms with Crippen LogP contribution >= 0.6 is 0 Å². The molecular formula is C48H67N11O13. The van der Waals surface area contributed by atoms with Crippen molar-refractivity contribution in [2.75, 3.05) is 6.54 Å². The number of carboxylic acid groups (broad SMARTS) is 1. The highest BCUT2D eigenvalue weighted by Gasteiger charge is 2.42. The van der Waals surface area contributed by atoms with Crippen molar-refractivity contribution in [1.82, 2.24) is 41.8 Å². The summed E-state index contributed by atoms with van der Waals surface area (Å²) in [6.07, 6.45) is -2.68. The summed E-state index contributed by atoms with van der Waals surface area (Å²) in [5, 5.41) is 46.3. The normalized spacial score (nSPS) is 17.2. The largest absolute Gasteiger partial charge is 0.481 e. The molecule has 72 heavy (non-hydrogen) atoms. The van der Waals surface area contributed by atoms with Gasteiger partial charge in [0.15, 0.2) is 0 Å². The second kappa shape index (κ2) is 26.7. The fourth-order valence-corrected chi connectivity index (χ4v) is 8.19. The molecular weight excluding hydrogens is 939 g/mol. The molecule has 0 aliphatic carbocycles. The van der Waals surface area contributed by atoms with Crippen molar-refractivity contribution in [1.29, 1.82) is 0 Å². The quantitative estimate of drug-likeness (QED) is 0.0368. The van der Waals surface area contributed by atoms with E-state index in [2.05, 4.69) is 36.9 Å². The van der Waals surface area contributed by atoms with Crippen molar-refractivity contribution in [3.05, 3.63) is 71.9 Å². The molecule has 0 radical (unpaired) electrons. The second-order valence-corrected chi connectivity index (χ2v) is 18.4. The number of benzene rings is 2. The van der Waals surface area contributed by atoms with Crippen LogP contribution in [0.1, 0.15) is 77.3 Å². The van der Waals surface area contributed by atoms with Crippen LogP contribution < -0.4 is 49.1 Å². The van der Waals surface area contributed by atoms with Crippen LogP contribution in [0.25, 0.3) is 10.9 Å². The minimum Gasteiger partial charge on any atom is -0.481 e. The van der Waals surface area contributed by atoms with Crippen LogP contribution in [0.15, 0.2) is 60.8 Å². The molecule has 0 bridgehead atoms. The Balaban J connectivity index is 1.51. The third-order valence-corrected chi connectivity index (χ3v) is 12.0. The van der Waals surface area contributed by atoms with E-state index in [0.717, 1.165) is 15.8 Å². The van der Waals surface area contributed by atoms with Crippen LogP contribution in [-0.2, 0) is 60.8 Å². The third-order valence-electron chi connectivity index (χ3n) is 12.0. The standard InChI is InChI=1S/C48H67N11O13/c1-24(2)19-33(54-42(66)30(49)16-17-38(63)64)44(68)57-39(25(3)60)47(71)56-34(20-27-11-6-5-7-12-27)45(69)58-40(26(4)61)48(72)59-18-10-15-36(59)46(70)55-35(22-37(50)62)43(67)53-32(41(51)65)21-28-23-52-31-14-9-8-13-29(28)31/h5-9,11-14,23-26,30,32-36,39-40,52,60-61H,10,15-22,49H2,1-4H3,(H2,50,62)(H2,51,65)(H,53,67)(H,54,66)(H,55,70)(H,56,71)(H,57,68)(H,58,69)(H,63,64). The molecule has 24 heteroatoms. The maximum absolute atomic E-state index is 14.3. The van der Waals surface area contributed by atoms with E-state index >= 15 is 0 Å². The molecule has 2 heterocycles. The number of carbonyl (C=O) groups excluding carboxylic acids is 9. The van der Waals surface area contributed by atoms with E-state index in [9.17, 15) is 58.2 Å². The topological polar surface area (TPSA) is 401 Å². The lowest BCUT2D eigenvalue weighted by molar-refractivity contribution is -0.145. The minimum atomic E-state index is -1.72. The SMILES string of the molecule is CC(C)CC(NC(=O)C(N)CCC(=O)O)C(=O)NC(C(=O)NC(Cc1ccccc1)C(=O)NC(C(=O)N1CCCC1C(=O)NC(CC(N)=O)C(=O)NC(Cc1c[nH]c2ccccc12)C(N)=O)C(C)O)C(C)O. The lowest BCUT2D eigenvalue weighted by atomic mass is 10.0. The van der Waals surface area contributed by atoms with Gasteiger partial charge in [0.05, 0.1) is 24.7 Å². The fraction of sp³-hybridized carbons (Fsp3) is 0.500. The first kappa shape index (κ1) is 57.1. The van der Waals surface area contributed by atoms with Crippen molar-refractivity contribution in [3.8, 4) is 0 Å². The average Bonchev–Trinajstić information content (AvgIpc) is 3.98. The Bertz CT molecular complexity index is 2430. The number of hydrogen-bond donors (Lipinski definition) is 13. The number of amides is 9. The van der Waals surface area contributed by atoms with Crippen molar-refractivity contribution < 1.29 is 63.3 Å². The van der Waals surface area contributed by atoms with Gasteiger partial charge in [0.25, 0.3) is 0 Å². The second-order valence-electron chi connectivity index (χ2n) is 18.4. The summed E-state index contributed by atoms with van der Waals surface area (Å²) in [7, 11) is 0. The first-order valence-corrected chi connectivity index (χ1v) is 23.6. The molecule has 0 saturated carbocycles. The van der Waals surface area contributed by atoms with Gasteiger partial charge in [-0.3, -0.25) is 47.9 Å². The number of primary amides is 2. The van der Waals surface area contributed by atoms with Gasteiger partial charge in [0.1, 0.15) is 42.3 Å². The number of nitrogens with zero attached hydrogens (tertiary/aromatic N) is 1. The van der Waals surface area contributed by atoms with Gasteiger partial charge in [-0.05, 0) is 62.6 Å². The van der Waals surface area contributed by atoms with E-state index in [4.69, 9.17) is 22.3 Å². The smallest absolute Gasteiger partial charge is 0.303 e. The summed E-state index contributed by atoms with van der Waals surface area (Å²) in [6, 6.07) is 3.90. The minimum absolute atomic E-state index is 0.0382. The average molecular weight is 1010 g/mol. The third kappa shape index (κ3) is 16.6. The Morgan fingerprint density at radius 1 is 0.694 bits per heavy atom. The molecule has 2 aromatic carbocycles. The van der Waals surface area contributed by atoms with Gasteiger partial charge in [0.2, 0.25) is 53.2 Å². The number of rotatable bonds is 27. The van der Waals surface area contributed by atoms with Crippen molar-refractivity contribution in [2.24, 2.45) is 23.1 Å². The summed E-state index contributed by atoms with van der Waals surface area (Å²) >= 11 is 0. The summed E-state index contributed by atoms with van der Waals surface area (Å²) in [5.41, 5.74) is 18.9. The highest BCUT2D eigenvalue weighted by Crippen LogP contribution is 2.22. The molecule has 10 atom stereocenters. The number of aliphatic hydroxyl groups is 2. The summed E-state index contributed by atoms with van der Waals surface area (Å²) < 4.78 is 0. The highest BCUT2D eigenvalue weighted by atomic mass is 16.4. The molecule has 0 spiro atoms. The zero-order valence-corrected chi connectivity index (χ0v) is 40.6. The number of aliphatic carboxylic acids is 1. The predicted octanol–water partition coefficient (Wildman–Crippen LogP) is -2.79. The maximum atomic E-state index is 14.3. The molecule has 1 fully saturated rings. The monoisotopic (exact) mass is 1010 g/mol. The highest BCUT2D eigenvalue weighted by molar-refractivity contribution is 5.99. The molecule has 392 valence electrons. The number of likely N-dealkylation sites (tertiary alicyclic amines) is 1. The summed E-state index contributed by atoms with van der Waals surface area (Å²) in [5.74, 6) is -9.75. The molecule has 1 aliphatic rings. The molecule has 1 aromatic heterocycles. The Labute approximate surface area is 415 Å². The maximum Gasteiger partial charge on any atom is 0.303 e. The Kier molecular flexibility index (Phi) is 21.2. The van der Waals surface area contributed by atoms with Gasteiger partial charge in [-0.15, -0.1) is 0 Å². The number of fused-ring (bicyclic) bond motifs is 1. The number of nitrogens with one attached hydrogen (secondary N) is 7. The Morgan fingerprint density at radius 3 is 1.89 bits per heavy atom. The molecule has 3 aromatic rings. The van der Waals surface area contributed by atoms with Gasteiger partial charge in [-0.1, -0.05) is 62.4 Å². The molecule has 16 N–H and O–H groups in total. The van der Waals surface area contributed by atoms with Gasteiger partial charge < -0.3 is 74.3 Å². The van der Waals surface area contributed by atoms with E-state index in [1.807, 2.05) is 18.2 Å². The Morgan fingerprint density at radius 2 is 1.28 bits per heavy atom. The number of carbonyl (C=O) groups is 10.